The maximum atomic E-state index is 13.0. The molecule has 0 aliphatic carbocycles. The third-order valence-electron chi connectivity index (χ3n) is 2.53. The van der Waals surface area contributed by atoms with Crippen LogP contribution in [0.5, 0.6) is 0 Å². The average molecular weight is 259 g/mol. The van der Waals surface area contributed by atoms with E-state index in [1.165, 1.54) is 6.07 Å². The van der Waals surface area contributed by atoms with Crippen LogP contribution in [-0.2, 0) is 6.54 Å². The second-order valence-corrected chi connectivity index (χ2v) is 4.64. The third kappa shape index (κ3) is 5.48. The number of nitrogens with zero attached hydrogens (tertiary/aromatic N) is 1. The molecule has 0 radical (unpaired) electrons. The van der Waals surface area contributed by atoms with Crippen LogP contribution in [0.2, 0.25) is 5.02 Å². The van der Waals surface area contributed by atoms with Crippen molar-refractivity contribution < 1.29 is 4.39 Å². The maximum Gasteiger partial charge on any atom is 0.141 e. The fraction of sp³-hybridized carbons (Fsp3) is 0.538. The van der Waals surface area contributed by atoms with E-state index in [9.17, 15) is 4.39 Å². The van der Waals surface area contributed by atoms with Gasteiger partial charge in [0.1, 0.15) is 5.82 Å². The summed E-state index contributed by atoms with van der Waals surface area (Å²) in [4.78, 5) is 2.19. The summed E-state index contributed by atoms with van der Waals surface area (Å²) in [6.07, 6.45) is 1.15. The van der Waals surface area contributed by atoms with E-state index in [0.717, 1.165) is 38.2 Å². The lowest BCUT2D eigenvalue weighted by Gasteiger charge is -2.17. The molecular formula is C13H20ClFN2. The van der Waals surface area contributed by atoms with Crippen molar-refractivity contribution in [2.75, 3.05) is 26.7 Å². The van der Waals surface area contributed by atoms with Crippen LogP contribution in [0.3, 0.4) is 0 Å². The molecule has 0 heterocycles. The normalized spacial score (nSPS) is 11.1. The van der Waals surface area contributed by atoms with Gasteiger partial charge in [0, 0.05) is 19.6 Å². The van der Waals surface area contributed by atoms with Crippen LogP contribution in [0.25, 0.3) is 0 Å². The molecule has 0 amide bonds. The molecule has 4 heteroatoms. The highest BCUT2D eigenvalue weighted by Crippen LogP contribution is 2.16. The molecule has 1 N–H and O–H groups in total. The fourth-order valence-corrected chi connectivity index (χ4v) is 1.80. The topological polar surface area (TPSA) is 15.3 Å². The third-order valence-corrected chi connectivity index (χ3v) is 2.82. The van der Waals surface area contributed by atoms with Gasteiger partial charge in [0.2, 0.25) is 0 Å². The summed E-state index contributed by atoms with van der Waals surface area (Å²) in [5.41, 5.74) is 1.04. The van der Waals surface area contributed by atoms with E-state index in [1.54, 1.807) is 12.1 Å². The SMILES string of the molecule is CCCNCCN(C)Cc1ccc(F)c(Cl)c1. The molecule has 0 bridgehead atoms. The first-order valence-corrected chi connectivity index (χ1v) is 6.34. The highest BCUT2D eigenvalue weighted by atomic mass is 35.5. The lowest BCUT2D eigenvalue weighted by molar-refractivity contribution is 0.324. The van der Waals surface area contributed by atoms with E-state index < -0.39 is 0 Å². The zero-order valence-corrected chi connectivity index (χ0v) is 11.2. The standard InChI is InChI=1S/C13H20ClFN2/c1-3-6-16-7-8-17(2)10-11-4-5-13(15)12(14)9-11/h4-5,9,16H,3,6-8,10H2,1-2H3. The number of hydrogen-bond acceptors (Lipinski definition) is 2. The van der Waals surface area contributed by atoms with Crippen molar-refractivity contribution in [3.05, 3.63) is 34.6 Å². The first kappa shape index (κ1) is 14.4. The molecule has 17 heavy (non-hydrogen) atoms. The first-order valence-electron chi connectivity index (χ1n) is 5.96. The van der Waals surface area contributed by atoms with Gasteiger partial charge in [0.25, 0.3) is 0 Å². The highest BCUT2D eigenvalue weighted by molar-refractivity contribution is 6.30. The predicted molar refractivity (Wildman–Crippen MR) is 70.9 cm³/mol. The minimum atomic E-state index is -0.359. The van der Waals surface area contributed by atoms with E-state index in [1.807, 2.05) is 7.05 Å². The Bertz CT molecular complexity index is 344. The zero-order valence-electron chi connectivity index (χ0n) is 10.5. The molecule has 0 atom stereocenters. The molecule has 0 spiro atoms. The largest absolute Gasteiger partial charge is 0.315 e. The molecule has 0 unspecified atom stereocenters. The number of halogens is 2. The Morgan fingerprint density at radius 2 is 2.12 bits per heavy atom. The highest BCUT2D eigenvalue weighted by Gasteiger charge is 2.03. The van der Waals surface area contributed by atoms with E-state index in [2.05, 4.69) is 17.1 Å². The summed E-state index contributed by atoms with van der Waals surface area (Å²) in [5.74, 6) is -0.359. The predicted octanol–water partition coefficient (Wildman–Crippen LogP) is 2.91. The van der Waals surface area contributed by atoms with Gasteiger partial charge < -0.3 is 10.2 Å². The maximum absolute atomic E-state index is 13.0. The van der Waals surface area contributed by atoms with Gasteiger partial charge in [-0.3, -0.25) is 0 Å². The van der Waals surface area contributed by atoms with Crippen LogP contribution in [0.1, 0.15) is 18.9 Å². The van der Waals surface area contributed by atoms with Crippen molar-refractivity contribution in [3.63, 3.8) is 0 Å². The van der Waals surface area contributed by atoms with Gasteiger partial charge in [-0.25, -0.2) is 4.39 Å². The molecule has 2 nitrogen and oxygen atoms in total. The van der Waals surface area contributed by atoms with Crippen LogP contribution >= 0.6 is 11.6 Å². The molecule has 1 rings (SSSR count). The summed E-state index contributed by atoms with van der Waals surface area (Å²) >= 11 is 5.74. The van der Waals surface area contributed by atoms with Crippen molar-refractivity contribution in [2.45, 2.75) is 19.9 Å². The van der Waals surface area contributed by atoms with E-state index >= 15 is 0 Å². The Labute approximate surface area is 108 Å². The molecule has 0 fully saturated rings. The number of benzene rings is 1. The molecule has 0 aliphatic rings. The lowest BCUT2D eigenvalue weighted by atomic mass is 10.2. The number of nitrogens with one attached hydrogen (secondary N) is 1. The smallest absolute Gasteiger partial charge is 0.141 e. The molecule has 0 saturated carbocycles. The summed E-state index contributed by atoms with van der Waals surface area (Å²) in [5, 5.41) is 3.54. The summed E-state index contributed by atoms with van der Waals surface area (Å²) < 4.78 is 13.0. The van der Waals surface area contributed by atoms with E-state index in [-0.39, 0.29) is 10.8 Å². The Hall–Kier alpha value is -0.640. The molecule has 0 aliphatic heterocycles. The second kappa shape index (κ2) is 7.64. The minimum absolute atomic E-state index is 0.194. The second-order valence-electron chi connectivity index (χ2n) is 4.24. The number of likely N-dealkylation sites (N-methyl/N-ethyl adjacent to an activating group) is 1. The summed E-state index contributed by atoms with van der Waals surface area (Å²) in [7, 11) is 2.05. The van der Waals surface area contributed by atoms with Crippen molar-refractivity contribution in [3.8, 4) is 0 Å². The Morgan fingerprint density at radius 1 is 1.35 bits per heavy atom. The quantitative estimate of drug-likeness (QED) is 0.757. The fourth-order valence-electron chi connectivity index (χ4n) is 1.60. The first-order chi connectivity index (χ1) is 8.13. The van der Waals surface area contributed by atoms with Crippen LogP contribution < -0.4 is 5.32 Å². The number of hydrogen-bond donors (Lipinski definition) is 1. The van der Waals surface area contributed by atoms with E-state index in [0.29, 0.717) is 0 Å². The average Bonchev–Trinajstić information content (AvgIpc) is 2.30. The Morgan fingerprint density at radius 3 is 2.76 bits per heavy atom. The number of rotatable bonds is 7. The van der Waals surface area contributed by atoms with Gasteiger partial charge in [-0.05, 0) is 37.7 Å². The zero-order chi connectivity index (χ0) is 12.7. The van der Waals surface area contributed by atoms with Crippen LogP contribution in [-0.4, -0.2) is 31.6 Å². The Balaban J connectivity index is 2.34. The van der Waals surface area contributed by atoms with Crippen molar-refractivity contribution in [1.29, 1.82) is 0 Å². The Kier molecular flexibility index (Phi) is 6.48. The van der Waals surface area contributed by atoms with Crippen molar-refractivity contribution in [2.24, 2.45) is 0 Å². The molecule has 0 saturated heterocycles. The molecule has 1 aromatic rings. The van der Waals surface area contributed by atoms with Gasteiger partial charge in [0.15, 0.2) is 0 Å². The van der Waals surface area contributed by atoms with E-state index in [4.69, 9.17) is 11.6 Å². The van der Waals surface area contributed by atoms with Crippen LogP contribution in [0, 0.1) is 5.82 Å². The monoisotopic (exact) mass is 258 g/mol. The van der Waals surface area contributed by atoms with Crippen molar-refractivity contribution in [1.82, 2.24) is 10.2 Å². The van der Waals surface area contributed by atoms with Gasteiger partial charge in [-0.15, -0.1) is 0 Å². The van der Waals surface area contributed by atoms with Gasteiger partial charge in [-0.2, -0.15) is 0 Å². The lowest BCUT2D eigenvalue weighted by Crippen LogP contribution is -2.29. The molecule has 0 aromatic heterocycles. The van der Waals surface area contributed by atoms with Crippen LogP contribution in [0.4, 0.5) is 4.39 Å². The minimum Gasteiger partial charge on any atom is -0.315 e. The van der Waals surface area contributed by atoms with Gasteiger partial charge in [-0.1, -0.05) is 24.6 Å². The summed E-state index contributed by atoms with van der Waals surface area (Å²) in [6, 6.07) is 4.88. The van der Waals surface area contributed by atoms with Gasteiger partial charge >= 0.3 is 0 Å². The van der Waals surface area contributed by atoms with Crippen LogP contribution in [0.15, 0.2) is 18.2 Å². The molecular weight excluding hydrogens is 239 g/mol. The summed E-state index contributed by atoms with van der Waals surface area (Å²) in [6.45, 7) is 5.93. The van der Waals surface area contributed by atoms with Gasteiger partial charge in [0.05, 0.1) is 5.02 Å². The van der Waals surface area contributed by atoms with Crippen molar-refractivity contribution >= 4 is 11.6 Å². The molecule has 96 valence electrons. The molecule has 1 aromatic carbocycles.